The van der Waals surface area contributed by atoms with Crippen LogP contribution in [0.25, 0.3) is 11.1 Å². The fourth-order valence-corrected chi connectivity index (χ4v) is 6.63. The molecule has 59 heavy (non-hydrogen) atoms. The zero-order chi connectivity index (χ0) is 42.0. The van der Waals surface area contributed by atoms with Crippen molar-refractivity contribution < 1.29 is 57.7 Å². The monoisotopic (exact) mass is 810 g/mol. The van der Waals surface area contributed by atoms with E-state index in [2.05, 4.69) is 86.0 Å². The molecule has 314 valence electrons. The molecule has 0 spiro atoms. The van der Waals surface area contributed by atoms with Crippen molar-refractivity contribution in [1.82, 2.24) is 0 Å². The first kappa shape index (κ1) is 44.8. The van der Waals surface area contributed by atoms with Gasteiger partial charge < -0.3 is 48.1 Å². The van der Waals surface area contributed by atoms with Gasteiger partial charge in [-0.25, -0.2) is 9.59 Å². The van der Waals surface area contributed by atoms with Gasteiger partial charge in [-0.1, -0.05) is 86.0 Å². The van der Waals surface area contributed by atoms with E-state index in [1.165, 1.54) is 22.3 Å². The molecule has 2 atom stereocenters. The first-order valence-electron chi connectivity index (χ1n) is 19.6. The SMILES string of the molecule is C=C(C)C(=O)OCC(O)COCCOCCOc1ccc(C2(c3ccc(OCCOCCOCC(O)COC(=O)C(=C)C)cc3)c3ccccc3-c3ccccc32)cc1. The number of rotatable bonds is 26. The van der Waals surface area contributed by atoms with Crippen LogP contribution in [-0.4, -0.2) is 114 Å². The van der Waals surface area contributed by atoms with E-state index in [0.717, 1.165) is 11.1 Å². The van der Waals surface area contributed by atoms with Crippen molar-refractivity contribution in [2.24, 2.45) is 0 Å². The molecule has 2 N–H and O–H groups in total. The third kappa shape index (κ3) is 12.3. The van der Waals surface area contributed by atoms with Crippen molar-refractivity contribution in [2.75, 3.05) is 79.3 Å². The van der Waals surface area contributed by atoms with Crippen LogP contribution in [0.5, 0.6) is 11.5 Å². The lowest BCUT2D eigenvalue weighted by molar-refractivity contribution is -0.143. The molecule has 4 aromatic carbocycles. The lowest BCUT2D eigenvalue weighted by Crippen LogP contribution is -2.28. The Morgan fingerprint density at radius 2 is 0.864 bits per heavy atom. The normalized spacial score (nSPS) is 13.4. The maximum absolute atomic E-state index is 11.4. The fourth-order valence-electron chi connectivity index (χ4n) is 6.63. The van der Waals surface area contributed by atoms with Gasteiger partial charge in [-0.15, -0.1) is 0 Å². The molecule has 5 rings (SSSR count). The van der Waals surface area contributed by atoms with Gasteiger partial charge in [0.05, 0.1) is 58.3 Å². The van der Waals surface area contributed by atoms with Gasteiger partial charge in [-0.3, -0.25) is 0 Å². The summed E-state index contributed by atoms with van der Waals surface area (Å²) < 4.78 is 44.0. The number of fused-ring (bicyclic) bond motifs is 3. The van der Waals surface area contributed by atoms with E-state index in [1.54, 1.807) is 13.8 Å². The number of hydrogen-bond acceptors (Lipinski definition) is 12. The average Bonchev–Trinajstić information content (AvgIpc) is 3.55. The topological polar surface area (TPSA) is 148 Å². The van der Waals surface area contributed by atoms with Crippen molar-refractivity contribution in [3.05, 3.63) is 144 Å². The standard InChI is InChI=1S/C47H54O12/c1-33(2)45(50)58-31-37(48)29-54-23-21-52-25-27-56-39-17-13-35(14-18-39)47(43-11-7-5-9-41(43)42-10-6-8-12-44(42)47)36-15-19-40(20-16-36)57-28-26-53-22-24-55-30-38(49)32-59-46(51)34(3)4/h5-20,37-38,48-49H,1,3,21-32H2,2,4H3. The molecule has 0 aliphatic heterocycles. The second-order valence-corrected chi connectivity index (χ2v) is 14.0. The van der Waals surface area contributed by atoms with Crippen LogP contribution in [0.4, 0.5) is 0 Å². The molecule has 0 aromatic heterocycles. The molecule has 12 nitrogen and oxygen atoms in total. The summed E-state index contributed by atoms with van der Waals surface area (Å²) in [6.07, 6.45) is -1.86. The fraction of sp³-hybridized carbons (Fsp3) is 0.362. The molecule has 1 aliphatic rings. The number of carbonyl (C=O) groups is 2. The summed E-state index contributed by atoms with van der Waals surface area (Å²) in [7, 11) is 0. The van der Waals surface area contributed by atoms with Crippen molar-refractivity contribution in [3.63, 3.8) is 0 Å². The van der Waals surface area contributed by atoms with Gasteiger partial charge in [0.25, 0.3) is 0 Å². The largest absolute Gasteiger partial charge is 0.491 e. The Balaban J connectivity index is 1.13. The third-order valence-corrected chi connectivity index (χ3v) is 9.39. The van der Waals surface area contributed by atoms with Gasteiger partial charge >= 0.3 is 11.9 Å². The summed E-state index contributed by atoms with van der Waals surface area (Å²) in [5, 5.41) is 19.8. The third-order valence-electron chi connectivity index (χ3n) is 9.39. The molecule has 0 amide bonds. The quantitative estimate of drug-likeness (QED) is 0.0393. The summed E-state index contributed by atoms with van der Waals surface area (Å²) >= 11 is 0. The number of ether oxygens (including phenoxy) is 8. The van der Waals surface area contributed by atoms with E-state index in [4.69, 9.17) is 37.9 Å². The molecule has 0 saturated heterocycles. The predicted molar refractivity (Wildman–Crippen MR) is 222 cm³/mol. The van der Waals surface area contributed by atoms with Crippen molar-refractivity contribution in [3.8, 4) is 22.6 Å². The predicted octanol–water partition coefficient (Wildman–Crippen LogP) is 5.83. The minimum atomic E-state index is -0.929. The molecule has 0 fully saturated rings. The Morgan fingerprint density at radius 3 is 1.25 bits per heavy atom. The zero-order valence-electron chi connectivity index (χ0n) is 33.8. The Hall–Kier alpha value is -5.34. The maximum atomic E-state index is 11.4. The second-order valence-electron chi connectivity index (χ2n) is 14.0. The van der Waals surface area contributed by atoms with Crippen LogP contribution in [-0.2, 0) is 43.4 Å². The van der Waals surface area contributed by atoms with E-state index >= 15 is 0 Å². The lowest BCUT2D eigenvalue weighted by Gasteiger charge is -2.34. The maximum Gasteiger partial charge on any atom is 0.333 e. The molecule has 0 heterocycles. The zero-order valence-corrected chi connectivity index (χ0v) is 33.8. The lowest BCUT2D eigenvalue weighted by atomic mass is 9.68. The van der Waals surface area contributed by atoms with Gasteiger partial charge in [0, 0.05) is 11.1 Å². The number of hydrogen-bond donors (Lipinski definition) is 2. The first-order valence-corrected chi connectivity index (χ1v) is 19.6. The molecule has 0 radical (unpaired) electrons. The molecule has 12 heteroatoms. The minimum Gasteiger partial charge on any atom is -0.491 e. The van der Waals surface area contributed by atoms with Crippen molar-refractivity contribution in [1.29, 1.82) is 0 Å². The number of aliphatic hydroxyl groups is 2. The summed E-state index contributed by atoms with van der Waals surface area (Å²) in [6.45, 7) is 12.4. The van der Waals surface area contributed by atoms with E-state index in [9.17, 15) is 19.8 Å². The van der Waals surface area contributed by atoms with Gasteiger partial charge in [0.1, 0.15) is 50.1 Å². The van der Waals surface area contributed by atoms with Crippen LogP contribution in [0.15, 0.2) is 121 Å². The minimum absolute atomic E-state index is 0.0206. The van der Waals surface area contributed by atoms with Crippen molar-refractivity contribution >= 4 is 11.9 Å². The van der Waals surface area contributed by atoms with Crippen LogP contribution in [0, 0.1) is 0 Å². The summed E-state index contributed by atoms with van der Waals surface area (Å²) in [5.74, 6) is 0.332. The van der Waals surface area contributed by atoms with Gasteiger partial charge in [-0.2, -0.15) is 0 Å². The molecule has 0 bridgehead atoms. The highest BCUT2D eigenvalue weighted by atomic mass is 16.6. The summed E-state index contributed by atoms with van der Waals surface area (Å²) in [4.78, 5) is 22.9. The van der Waals surface area contributed by atoms with Crippen LogP contribution in [0.3, 0.4) is 0 Å². The van der Waals surface area contributed by atoms with Gasteiger partial charge in [0.15, 0.2) is 0 Å². The summed E-state index contributed by atoms with van der Waals surface area (Å²) in [6, 6.07) is 33.5. The first-order chi connectivity index (χ1) is 28.6. The molecular formula is C47H54O12. The van der Waals surface area contributed by atoms with Crippen LogP contribution >= 0.6 is 0 Å². The highest BCUT2D eigenvalue weighted by Crippen LogP contribution is 2.56. The van der Waals surface area contributed by atoms with E-state index in [1.807, 2.05) is 24.3 Å². The molecule has 2 unspecified atom stereocenters. The molecular weight excluding hydrogens is 757 g/mol. The van der Waals surface area contributed by atoms with Crippen LogP contribution in [0.1, 0.15) is 36.1 Å². The Kier molecular flexibility index (Phi) is 17.2. The summed E-state index contributed by atoms with van der Waals surface area (Å²) in [5.41, 5.74) is 6.90. The van der Waals surface area contributed by atoms with E-state index in [-0.39, 0.29) is 50.8 Å². The van der Waals surface area contributed by atoms with Crippen LogP contribution in [0.2, 0.25) is 0 Å². The highest BCUT2D eigenvalue weighted by molar-refractivity contribution is 5.87. The van der Waals surface area contributed by atoms with Crippen LogP contribution < -0.4 is 9.47 Å². The van der Waals surface area contributed by atoms with Gasteiger partial charge in [-0.05, 0) is 71.5 Å². The Labute approximate surface area is 345 Å². The molecule has 4 aromatic rings. The highest BCUT2D eigenvalue weighted by Gasteiger charge is 2.45. The number of aliphatic hydroxyl groups excluding tert-OH is 2. The van der Waals surface area contributed by atoms with Crippen molar-refractivity contribution in [2.45, 2.75) is 31.5 Å². The second kappa shape index (κ2) is 22.7. The smallest absolute Gasteiger partial charge is 0.333 e. The van der Waals surface area contributed by atoms with Gasteiger partial charge in [0.2, 0.25) is 0 Å². The number of carbonyl (C=O) groups excluding carboxylic acids is 2. The molecule has 1 aliphatic carbocycles. The number of benzene rings is 4. The van der Waals surface area contributed by atoms with E-state index < -0.39 is 29.6 Å². The Morgan fingerprint density at radius 1 is 0.508 bits per heavy atom. The van der Waals surface area contributed by atoms with E-state index in [0.29, 0.717) is 51.1 Å². The molecule has 0 saturated carbocycles. The number of esters is 2. The Bertz CT molecular complexity index is 1830. The average molecular weight is 811 g/mol.